The Labute approximate surface area is 146 Å². The number of halogens is 2. The number of imidazole rings is 1. The summed E-state index contributed by atoms with van der Waals surface area (Å²) in [6.45, 7) is 3.47. The van der Waals surface area contributed by atoms with Gasteiger partial charge in [-0.1, -0.05) is 23.2 Å². The molecular weight excluding hydrogens is 335 g/mol. The quantitative estimate of drug-likeness (QED) is 0.916. The van der Waals surface area contributed by atoms with Crippen molar-refractivity contribution in [3.63, 3.8) is 0 Å². The molecule has 2 heterocycles. The number of hydrogen-bond donors (Lipinski definition) is 1. The third-order valence-corrected chi connectivity index (χ3v) is 4.85. The molecule has 124 valence electrons. The number of piperazine rings is 1. The maximum absolute atomic E-state index is 6.40. The Hall–Kier alpha value is -1.27. The van der Waals surface area contributed by atoms with Gasteiger partial charge < -0.3 is 14.6 Å². The minimum Gasteiger partial charge on any atom is -0.495 e. The number of ether oxygens (including phenoxy) is 1. The third-order valence-electron chi connectivity index (χ3n) is 4.21. The molecule has 0 bridgehead atoms. The van der Waals surface area contributed by atoms with Crippen LogP contribution in [-0.2, 0) is 13.6 Å². The number of methoxy groups -OCH3 is 1. The number of rotatable bonds is 4. The van der Waals surface area contributed by atoms with E-state index in [0.717, 1.165) is 37.6 Å². The Morgan fingerprint density at radius 1 is 1.35 bits per heavy atom. The number of aromatic nitrogens is 2. The van der Waals surface area contributed by atoms with Crippen LogP contribution in [0.3, 0.4) is 0 Å². The van der Waals surface area contributed by atoms with Crippen molar-refractivity contribution in [3.8, 4) is 5.75 Å². The summed E-state index contributed by atoms with van der Waals surface area (Å²) in [6.07, 6.45) is 3.80. The van der Waals surface area contributed by atoms with Crippen molar-refractivity contribution in [2.24, 2.45) is 7.05 Å². The minimum absolute atomic E-state index is 0.209. The fraction of sp³-hybridized carbons (Fsp3) is 0.438. The lowest BCUT2D eigenvalue weighted by Crippen LogP contribution is -2.46. The van der Waals surface area contributed by atoms with Gasteiger partial charge in [-0.05, 0) is 11.6 Å². The van der Waals surface area contributed by atoms with Crippen molar-refractivity contribution in [2.45, 2.75) is 12.6 Å². The van der Waals surface area contributed by atoms with Crippen LogP contribution in [0, 0.1) is 0 Å². The van der Waals surface area contributed by atoms with Crippen LogP contribution in [0.5, 0.6) is 5.75 Å². The largest absolute Gasteiger partial charge is 0.495 e. The van der Waals surface area contributed by atoms with Crippen molar-refractivity contribution in [1.29, 1.82) is 0 Å². The van der Waals surface area contributed by atoms with E-state index in [1.807, 2.05) is 25.5 Å². The molecule has 0 aliphatic carbocycles. The van der Waals surface area contributed by atoms with Crippen molar-refractivity contribution in [3.05, 3.63) is 46.0 Å². The van der Waals surface area contributed by atoms with E-state index in [2.05, 4.69) is 19.8 Å². The highest BCUT2D eigenvalue weighted by Crippen LogP contribution is 2.33. The highest BCUT2D eigenvalue weighted by atomic mass is 35.5. The smallest absolute Gasteiger partial charge is 0.138 e. The second-order valence-corrected chi connectivity index (χ2v) is 6.48. The molecule has 1 fully saturated rings. The van der Waals surface area contributed by atoms with E-state index in [4.69, 9.17) is 27.9 Å². The molecule has 23 heavy (non-hydrogen) atoms. The second-order valence-electron chi connectivity index (χ2n) is 5.66. The zero-order chi connectivity index (χ0) is 16.4. The molecule has 2 aromatic rings. The third kappa shape index (κ3) is 3.48. The van der Waals surface area contributed by atoms with E-state index < -0.39 is 0 Å². The molecule has 1 aromatic carbocycles. The number of hydrogen-bond acceptors (Lipinski definition) is 4. The summed E-state index contributed by atoms with van der Waals surface area (Å²) in [5.41, 5.74) is 0.999. The molecule has 0 saturated carbocycles. The summed E-state index contributed by atoms with van der Waals surface area (Å²) < 4.78 is 7.28. The number of nitrogens with zero attached hydrogens (tertiary/aromatic N) is 3. The van der Waals surface area contributed by atoms with Gasteiger partial charge in [-0.15, -0.1) is 0 Å². The first-order valence-electron chi connectivity index (χ1n) is 7.54. The molecule has 7 heteroatoms. The van der Waals surface area contributed by atoms with Crippen LogP contribution >= 0.6 is 23.2 Å². The molecule has 1 aliphatic rings. The van der Waals surface area contributed by atoms with E-state index >= 15 is 0 Å². The highest BCUT2D eigenvalue weighted by molar-refractivity contribution is 6.34. The van der Waals surface area contributed by atoms with Crippen LogP contribution in [0.1, 0.15) is 17.4 Å². The fourth-order valence-corrected chi connectivity index (χ4v) is 3.43. The first-order chi connectivity index (χ1) is 11.1. The first kappa shape index (κ1) is 16.6. The molecule has 1 saturated heterocycles. The van der Waals surface area contributed by atoms with Crippen LogP contribution in [0.25, 0.3) is 0 Å². The fourth-order valence-electron chi connectivity index (χ4n) is 2.95. The maximum Gasteiger partial charge on any atom is 0.138 e. The predicted octanol–water partition coefficient (Wildman–Crippen LogP) is 2.88. The van der Waals surface area contributed by atoms with Gasteiger partial charge >= 0.3 is 0 Å². The lowest BCUT2D eigenvalue weighted by molar-refractivity contribution is 0.145. The summed E-state index contributed by atoms with van der Waals surface area (Å²) in [6, 6.07) is 3.87. The SMILES string of the molecule is COc1cc(Cl)c(CN2CCNCC2c2nccn2C)cc1Cl. The first-order valence-corrected chi connectivity index (χ1v) is 8.29. The van der Waals surface area contributed by atoms with E-state index in [9.17, 15) is 0 Å². The summed E-state index contributed by atoms with van der Waals surface area (Å²) in [7, 11) is 3.61. The average Bonchev–Trinajstić information content (AvgIpc) is 2.97. The van der Waals surface area contributed by atoms with E-state index in [-0.39, 0.29) is 6.04 Å². The molecule has 1 atom stereocenters. The standard InChI is InChI=1S/C16H20Cl2N4O/c1-21-5-4-20-16(21)14-9-19-3-6-22(14)10-11-7-13(18)15(23-2)8-12(11)17/h4-5,7-8,14,19H,3,6,9-10H2,1-2H3. The number of aryl methyl sites for hydroxylation is 1. The Kier molecular flexibility index (Phi) is 5.11. The topological polar surface area (TPSA) is 42.3 Å². The van der Waals surface area contributed by atoms with Crippen LogP contribution in [0.2, 0.25) is 10.0 Å². The summed E-state index contributed by atoms with van der Waals surface area (Å²) in [5, 5.41) is 4.69. The van der Waals surface area contributed by atoms with Gasteiger partial charge in [0.2, 0.25) is 0 Å². The highest BCUT2D eigenvalue weighted by Gasteiger charge is 2.27. The van der Waals surface area contributed by atoms with E-state index in [0.29, 0.717) is 15.8 Å². The molecule has 0 radical (unpaired) electrons. The van der Waals surface area contributed by atoms with Gasteiger partial charge in [-0.25, -0.2) is 4.98 Å². The maximum atomic E-state index is 6.40. The summed E-state index contributed by atoms with van der Waals surface area (Å²) in [5.74, 6) is 1.65. The van der Waals surface area contributed by atoms with Gasteiger partial charge in [-0.3, -0.25) is 4.90 Å². The Morgan fingerprint density at radius 3 is 2.87 bits per heavy atom. The zero-order valence-corrected chi connectivity index (χ0v) is 14.7. The number of nitrogens with one attached hydrogen (secondary N) is 1. The molecule has 5 nitrogen and oxygen atoms in total. The van der Waals surface area contributed by atoms with Crippen LogP contribution in [0.4, 0.5) is 0 Å². The minimum atomic E-state index is 0.209. The Bertz CT molecular complexity index is 689. The van der Waals surface area contributed by atoms with E-state index in [1.165, 1.54) is 0 Å². The Morgan fingerprint density at radius 2 is 2.17 bits per heavy atom. The van der Waals surface area contributed by atoms with Gasteiger partial charge in [0.25, 0.3) is 0 Å². The normalized spacial score (nSPS) is 19.0. The molecule has 3 rings (SSSR count). The van der Waals surface area contributed by atoms with Gasteiger partial charge in [0.1, 0.15) is 11.6 Å². The Balaban J connectivity index is 1.85. The molecule has 1 aliphatic heterocycles. The van der Waals surface area contributed by atoms with Crippen molar-refractivity contribution in [1.82, 2.24) is 19.8 Å². The predicted molar refractivity (Wildman–Crippen MR) is 92.2 cm³/mol. The molecule has 0 spiro atoms. The monoisotopic (exact) mass is 354 g/mol. The van der Waals surface area contributed by atoms with Gasteiger partial charge in [-0.2, -0.15) is 0 Å². The van der Waals surface area contributed by atoms with Crippen LogP contribution < -0.4 is 10.1 Å². The lowest BCUT2D eigenvalue weighted by atomic mass is 10.1. The van der Waals surface area contributed by atoms with Crippen molar-refractivity contribution >= 4 is 23.2 Å². The average molecular weight is 355 g/mol. The molecular formula is C16H20Cl2N4O. The number of benzene rings is 1. The summed E-state index contributed by atoms with van der Waals surface area (Å²) in [4.78, 5) is 6.88. The van der Waals surface area contributed by atoms with Crippen LogP contribution in [-0.4, -0.2) is 41.2 Å². The van der Waals surface area contributed by atoms with Gasteiger partial charge in [0.15, 0.2) is 0 Å². The molecule has 1 aromatic heterocycles. The second kappa shape index (κ2) is 7.09. The molecule has 1 unspecified atom stereocenters. The van der Waals surface area contributed by atoms with Gasteiger partial charge in [0, 0.05) is 56.7 Å². The summed E-state index contributed by atoms with van der Waals surface area (Å²) >= 11 is 12.7. The molecule has 1 N–H and O–H groups in total. The van der Waals surface area contributed by atoms with Gasteiger partial charge in [0.05, 0.1) is 18.2 Å². The van der Waals surface area contributed by atoms with E-state index in [1.54, 1.807) is 13.2 Å². The van der Waals surface area contributed by atoms with Crippen molar-refractivity contribution in [2.75, 3.05) is 26.7 Å². The zero-order valence-electron chi connectivity index (χ0n) is 13.2. The van der Waals surface area contributed by atoms with Crippen LogP contribution in [0.15, 0.2) is 24.5 Å². The van der Waals surface area contributed by atoms with Crippen molar-refractivity contribution < 1.29 is 4.74 Å². The lowest BCUT2D eigenvalue weighted by Gasteiger charge is -2.36. The molecule has 0 amide bonds.